The molecule has 0 rings (SSSR count). The largest absolute Gasteiger partial charge is 2.00 e. The number of aliphatic hydroxyl groups is 1. The van der Waals surface area contributed by atoms with E-state index in [1.54, 1.807) is 0 Å². The standard InChI is InChI=1S/2C20H42N.C10H22O.ClH.Ti/c2*1-3-5-7-9-11-13-15-17-19-21-20-18-16-14-12-10-8-6-4-2;1-2-3-4-5-6-7-8-9-10-11;;/h2*3-20H2,1-2H3;11H,2-10H2,1H3;1H;/q2*-1;;;+2. The van der Waals surface area contributed by atoms with Crippen LogP contribution in [0.25, 0.3) is 10.6 Å². The van der Waals surface area contributed by atoms with Gasteiger partial charge in [-0.1, -0.05) is 285 Å². The maximum absolute atomic E-state index is 8.51. The van der Waals surface area contributed by atoms with Crippen LogP contribution in [0.1, 0.15) is 291 Å². The molecule has 0 unspecified atom stereocenters. The minimum absolute atomic E-state index is 0. The fourth-order valence-corrected chi connectivity index (χ4v) is 6.90. The van der Waals surface area contributed by atoms with Crippen molar-refractivity contribution >= 4 is 12.4 Å². The summed E-state index contributed by atoms with van der Waals surface area (Å²) in [5.41, 5.74) is 0. The van der Waals surface area contributed by atoms with Crippen molar-refractivity contribution in [3.8, 4) is 0 Å². The van der Waals surface area contributed by atoms with Crippen LogP contribution in [0.15, 0.2) is 0 Å². The van der Waals surface area contributed by atoms with Crippen LogP contribution < -0.4 is 0 Å². The SMILES string of the molecule is CCCCCCCCCCO.CCCCCCCCCC[N-]CCCCCCCCCC.CCCCCCCCCC[N-]CCCCCCCCCC.Cl.[Ti+2]. The topological polar surface area (TPSA) is 48.4 Å². The monoisotopic (exact) mass is 835 g/mol. The summed E-state index contributed by atoms with van der Waals surface area (Å²) < 4.78 is 0. The third-order valence-electron chi connectivity index (χ3n) is 10.7. The van der Waals surface area contributed by atoms with Crippen molar-refractivity contribution in [2.75, 3.05) is 32.8 Å². The third kappa shape index (κ3) is 76.2. The molecule has 0 aliphatic rings. The number of halogens is 1. The van der Waals surface area contributed by atoms with E-state index in [-0.39, 0.29) is 34.1 Å². The van der Waals surface area contributed by atoms with E-state index < -0.39 is 0 Å². The average molecular weight is 836 g/mol. The molecule has 0 spiro atoms. The van der Waals surface area contributed by atoms with Crippen LogP contribution >= 0.6 is 12.4 Å². The molecule has 0 aromatic rings. The molecule has 0 aromatic heterocycles. The first kappa shape index (κ1) is 65.0. The zero-order chi connectivity index (χ0) is 39.2. The summed E-state index contributed by atoms with van der Waals surface area (Å²) in [6, 6.07) is 0. The van der Waals surface area contributed by atoms with E-state index in [2.05, 4.69) is 45.3 Å². The Morgan fingerprint density at radius 1 is 0.236 bits per heavy atom. The molecule has 55 heavy (non-hydrogen) atoms. The van der Waals surface area contributed by atoms with Crippen molar-refractivity contribution in [3.63, 3.8) is 0 Å². The van der Waals surface area contributed by atoms with Gasteiger partial charge in [-0.25, -0.2) is 0 Å². The van der Waals surface area contributed by atoms with Crippen LogP contribution in [-0.4, -0.2) is 37.9 Å². The minimum Gasteiger partial charge on any atom is -0.662 e. The molecular weight excluding hydrogens is 728 g/mol. The van der Waals surface area contributed by atoms with Crippen molar-refractivity contribution in [2.45, 2.75) is 291 Å². The number of aliphatic hydroxyl groups excluding tert-OH is 1. The second-order valence-electron chi connectivity index (χ2n) is 16.4. The summed E-state index contributed by atoms with van der Waals surface area (Å²) >= 11 is 0. The van der Waals surface area contributed by atoms with Gasteiger partial charge < -0.3 is 15.7 Å². The van der Waals surface area contributed by atoms with Crippen LogP contribution in [0.2, 0.25) is 0 Å². The fourth-order valence-electron chi connectivity index (χ4n) is 6.90. The van der Waals surface area contributed by atoms with Crippen LogP contribution in [0, 0.1) is 0 Å². The summed E-state index contributed by atoms with van der Waals surface area (Å²) in [7, 11) is 0. The van der Waals surface area contributed by atoms with Gasteiger partial charge in [0.05, 0.1) is 0 Å². The fraction of sp³-hybridized carbons (Fsp3) is 1.00. The molecule has 0 fully saturated rings. The maximum Gasteiger partial charge on any atom is 2.00 e. The van der Waals surface area contributed by atoms with Gasteiger partial charge in [0.1, 0.15) is 0 Å². The van der Waals surface area contributed by atoms with E-state index in [4.69, 9.17) is 5.11 Å². The average Bonchev–Trinajstić information content (AvgIpc) is 3.17. The molecule has 3 nitrogen and oxygen atoms in total. The molecule has 5 heteroatoms. The summed E-state index contributed by atoms with van der Waals surface area (Å²) in [4.78, 5) is 0. The Labute approximate surface area is 372 Å². The minimum atomic E-state index is 0. The Morgan fingerprint density at radius 2 is 0.382 bits per heavy atom. The zero-order valence-corrected chi connectivity index (χ0v) is 41.4. The van der Waals surface area contributed by atoms with Gasteiger partial charge in [-0.15, -0.1) is 38.6 Å². The molecular formula is C50H107ClN2OTi. The van der Waals surface area contributed by atoms with E-state index in [1.165, 1.54) is 250 Å². The Hall–Kier alpha value is 0.884. The summed E-state index contributed by atoms with van der Waals surface area (Å²) in [5.74, 6) is 0. The molecule has 334 valence electrons. The molecule has 1 N–H and O–H groups in total. The van der Waals surface area contributed by atoms with Crippen LogP contribution in [0.5, 0.6) is 0 Å². The van der Waals surface area contributed by atoms with Gasteiger partial charge in [0, 0.05) is 6.61 Å². The van der Waals surface area contributed by atoms with E-state index in [0.717, 1.165) is 32.6 Å². The second-order valence-corrected chi connectivity index (χ2v) is 16.4. The molecule has 0 radical (unpaired) electrons. The molecule has 0 aliphatic heterocycles. The van der Waals surface area contributed by atoms with E-state index in [0.29, 0.717) is 6.61 Å². The Bertz CT molecular complexity index is 474. The van der Waals surface area contributed by atoms with Crippen LogP contribution in [0.3, 0.4) is 0 Å². The van der Waals surface area contributed by atoms with E-state index >= 15 is 0 Å². The number of nitrogens with zero attached hydrogens (tertiary/aromatic N) is 2. The molecule has 0 aliphatic carbocycles. The normalized spacial score (nSPS) is 10.6. The molecule has 0 saturated heterocycles. The van der Waals surface area contributed by atoms with Crippen molar-refractivity contribution in [3.05, 3.63) is 10.6 Å². The van der Waals surface area contributed by atoms with E-state index in [9.17, 15) is 0 Å². The van der Waals surface area contributed by atoms with Gasteiger partial charge >= 0.3 is 21.7 Å². The maximum atomic E-state index is 8.51. The summed E-state index contributed by atoms with van der Waals surface area (Å²) in [5, 5.41) is 17.8. The molecule has 0 amide bonds. The van der Waals surface area contributed by atoms with Crippen molar-refractivity contribution in [2.24, 2.45) is 0 Å². The number of hydrogen-bond donors (Lipinski definition) is 1. The molecule has 0 saturated carbocycles. The molecule has 0 bridgehead atoms. The van der Waals surface area contributed by atoms with Gasteiger partial charge in [-0.3, -0.25) is 0 Å². The van der Waals surface area contributed by atoms with Gasteiger partial charge in [-0.05, 0) is 6.42 Å². The van der Waals surface area contributed by atoms with Gasteiger partial charge in [0.2, 0.25) is 0 Å². The molecule has 0 heterocycles. The van der Waals surface area contributed by atoms with Crippen molar-refractivity contribution in [1.29, 1.82) is 0 Å². The third-order valence-corrected chi connectivity index (χ3v) is 10.7. The number of hydrogen-bond acceptors (Lipinski definition) is 1. The Balaban J connectivity index is -0.000000234. The van der Waals surface area contributed by atoms with Crippen molar-refractivity contribution < 1.29 is 26.8 Å². The molecule has 0 aromatic carbocycles. The van der Waals surface area contributed by atoms with Crippen molar-refractivity contribution in [1.82, 2.24) is 0 Å². The van der Waals surface area contributed by atoms with Gasteiger partial charge in [0.25, 0.3) is 0 Å². The first-order chi connectivity index (χ1) is 26.2. The second kappa shape index (κ2) is 69.5. The predicted molar refractivity (Wildman–Crippen MR) is 254 cm³/mol. The predicted octanol–water partition coefficient (Wildman–Crippen LogP) is 18.8. The number of rotatable bonds is 44. The first-order valence-corrected chi connectivity index (χ1v) is 25.1. The Morgan fingerprint density at radius 3 is 0.545 bits per heavy atom. The van der Waals surface area contributed by atoms with Gasteiger partial charge in [-0.2, -0.15) is 0 Å². The summed E-state index contributed by atoms with van der Waals surface area (Å²) in [6.07, 6.45) is 55.4. The summed E-state index contributed by atoms with van der Waals surface area (Å²) in [6.45, 7) is 16.2. The smallest absolute Gasteiger partial charge is 0.662 e. The molecule has 0 atom stereocenters. The number of unbranched alkanes of at least 4 members (excludes halogenated alkanes) is 35. The van der Waals surface area contributed by atoms with Crippen LogP contribution in [0.4, 0.5) is 0 Å². The Kier molecular flexibility index (Phi) is 82.2. The zero-order valence-electron chi connectivity index (χ0n) is 39.1. The van der Waals surface area contributed by atoms with Crippen LogP contribution in [-0.2, 0) is 21.7 Å². The first-order valence-electron chi connectivity index (χ1n) is 25.1. The van der Waals surface area contributed by atoms with Gasteiger partial charge in [0.15, 0.2) is 0 Å². The van der Waals surface area contributed by atoms with E-state index in [1.807, 2.05) is 0 Å². The quantitative estimate of drug-likeness (QED) is 0.0482.